The van der Waals surface area contributed by atoms with E-state index in [0.29, 0.717) is 27.8 Å². The standard InChI is InChI=1S/C16H17Cl2N3O4/c1-21(2)16-6(4-19)10-8(20-16)3-7(17)12(18)11(10)15-14(24)13(23)9(5-22)25-15/h3,9,13-15,20,22-24H,5H2,1-2H3/t9-,13-,14-,15+/m1/s1. The number of hydrogen-bond acceptors (Lipinski definition) is 6. The van der Waals surface area contributed by atoms with Crippen LogP contribution in [0.1, 0.15) is 17.2 Å². The van der Waals surface area contributed by atoms with Gasteiger partial charge in [0.25, 0.3) is 0 Å². The normalized spacial score (nSPS) is 26.2. The van der Waals surface area contributed by atoms with Crippen molar-refractivity contribution in [2.45, 2.75) is 24.4 Å². The van der Waals surface area contributed by atoms with E-state index in [1.807, 2.05) is 0 Å². The minimum Gasteiger partial charge on any atom is -0.394 e. The van der Waals surface area contributed by atoms with Crippen LogP contribution in [0, 0.1) is 11.3 Å². The lowest BCUT2D eigenvalue weighted by atomic mass is 9.96. The van der Waals surface area contributed by atoms with E-state index in [4.69, 9.17) is 27.9 Å². The van der Waals surface area contributed by atoms with E-state index in [0.717, 1.165) is 0 Å². The zero-order chi connectivity index (χ0) is 18.5. The van der Waals surface area contributed by atoms with Gasteiger partial charge in [-0.3, -0.25) is 0 Å². The molecule has 7 nitrogen and oxygen atoms in total. The van der Waals surface area contributed by atoms with Crippen molar-refractivity contribution < 1.29 is 20.1 Å². The van der Waals surface area contributed by atoms with Gasteiger partial charge < -0.3 is 29.9 Å². The van der Waals surface area contributed by atoms with Gasteiger partial charge in [-0.15, -0.1) is 0 Å². The number of rotatable bonds is 3. The summed E-state index contributed by atoms with van der Waals surface area (Å²) >= 11 is 12.6. The smallest absolute Gasteiger partial charge is 0.124 e. The van der Waals surface area contributed by atoms with Gasteiger partial charge in [-0.05, 0) is 6.07 Å². The molecular formula is C16H17Cl2N3O4. The van der Waals surface area contributed by atoms with E-state index >= 15 is 0 Å². The lowest BCUT2D eigenvalue weighted by molar-refractivity contribution is -0.0223. The van der Waals surface area contributed by atoms with Crippen LogP contribution in [-0.4, -0.2) is 59.3 Å². The Kier molecular flexibility index (Phi) is 4.86. The molecule has 0 radical (unpaired) electrons. The molecule has 1 aliphatic heterocycles. The zero-order valence-electron chi connectivity index (χ0n) is 13.5. The Bertz CT molecular complexity index is 861. The number of nitrogens with one attached hydrogen (secondary N) is 1. The summed E-state index contributed by atoms with van der Waals surface area (Å²) in [5, 5.41) is 40.2. The van der Waals surface area contributed by atoms with Crippen LogP contribution in [-0.2, 0) is 4.74 Å². The van der Waals surface area contributed by atoms with Gasteiger partial charge in [-0.2, -0.15) is 5.26 Å². The number of ether oxygens (including phenoxy) is 1. The quantitative estimate of drug-likeness (QED) is 0.637. The third-order valence-corrected chi connectivity index (χ3v) is 5.18. The van der Waals surface area contributed by atoms with Gasteiger partial charge in [-0.1, -0.05) is 23.2 Å². The summed E-state index contributed by atoms with van der Waals surface area (Å²) in [6, 6.07) is 3.73. The van der Waals surface area contributed by atoms with Crippen LogP contribution in [0.25, 0.3) is 10.9 Å². The number of anilines is 1. The first kappa shape index (κ1) is 18.3. The van der Waals surface area contributed by atoms with Crippen molar-refractivity contribution in [3.8, 4) is 6.07 Å². The maximum Gasteiger partial charge on any atom is 0.124 e. The predicted octanol–water partition coefficient (Wildman–Crippen LogP) is 1.57. The Morgan fingerprint density at radius 1 is 1.32 bits per heavy atom. The van der Waals surface area contributed by atoms with Crippen molar-refractivity contribution in [2.24, 2.45) is 0 Å². The largest absolute Gasteiger partial charge is 0.394 e. The number of aliphatic hydroxyl groups is 3. The monoisotopic (exact) mass is 385 g/mol. The molecule has 1 saturated heterocycles. The molecule has 4 N–H and O–H groups in total. The number of H-pyrrole nitrogens is 1. The molecule has 1 aliphatic rings. The summed E-state index contributed by atoms with van der Waals surface area (Å²) in [5.41, 5.74) is 1.20. The average molecular weight is 386 g/mol. The van der Waals surface area contributed by atoms with Crippen LogP contribution >= 0.6 is 23.2 Å². The molecule has 0 unspecified atom stereocenters. The third kappa shape index (κ3) is 2.75. The topological polar surface area (TPSA) is 113 Å². The number of halogens is 2. The highest BCUT2D eigenvalue weighted by molar-refractivity contribution is 6.43. The molecule has 1 aromatic carbocycles. The fourth-order valence-corrected chi connectivity index (χ4v) is 3.64. The molecule has 2 heterocycles. The molecule has 2 aromatic rings. The third-order valence-electron chi connectivity index (χ3n) is 4.38. The molecule has 25 heavy (non-hydrogen) atoms. The highest BCUT2D eigenvalue weighted by Crippen LogP contribution is 2.45. The van der Waals surface area contributed by atoms with Crippen molar-refractivity contribution in [2.75, 3.05) is 25.6 Å². The number of benzene rings is 1. The number of aromatic nitrogens is 1. The number of aromatic amines is 1. The lowest BCUT2D eigenvalue weighted by Gasteiger charge is -2.19. The van der Waals surface area contributed by atoms with Crippen LogP contribution in [0.4, 0.5) is 5.82 Å². The Hall–Kier alpha value is -1.53. The fourth-order valence-electron chi connectivity index (χ4n) is 3.17. The minimum atomic E-state index is -1.32. The molecule has 0 aliphatic carbocycles. The molecule has 0 bridgehead atoms. The summed E-state index contributed by atoms with van der Waals surface area (Å²) in [7, 11) is 3.56. The van der Waals surface area contributed by atoms with Crippen LogP contribution in [0.5, 0.6) is 0 Å². The summed E-state index contributed by atoms with van der Waals surface area (Å²) in [6.07, 6.45) is -4.58. The summed E-state index contributed by atoms with van der Waals surface area (Å²) in [4.78, 5) is 4.85. The Labute approximate surface area is 153 Å². The first-order chi connectivity index (χ1) is 11.8. The Morgan fingerprint density at radius 2 is 2.00 bits per heavy atom. The highest BCUT2D eigenvalue weighted by atomic mass is 35.5. The maximum absolute atomic E-state index is 10.4. The fraction of sp³-hybridized carbons (Fsp3) is 0.438. The molecule has 1 aromatic heterocycles. The van der Waals surface area contributed by atoms with Crippen LogP contribution < -0.4 is 4.90 Å². The predicted molar refractivity (Wildman–Crippen MR) is 94.1 cm³/mol. The summed E-state index contributed by atoms with van der Waals surface area (Å²) < 4.78 is 5.60. The lowest BCUT2D eigenvalue weighted by Crippen LogP contribution is -2.32. The Balaban J connectivity index is 2.31. The molecule has 1 fully saturated rings. The molecule has 0 amide bonds. The van der Waals surface area contributed by atoms with Gasteiger partial charge >= 0.3 is 0 Å². The molecule has 9 heteroatoms. The highest BCUT2D eigenvalue weighted by Gasteiger charge is 2.45. The zero-order valence-corrected chi connectivity index (χ0v) is 15.0. The number of nitrogens with zero attached hydrogens (tertiary/aromatic N) is 2. The molecule has 134 valence electrons. The number of hydrogen-bond donors (Lipinski definition) is 4. The average Bonchev–Trinajstić information content (AvgIpc) is 3.07. The number of nitriles is 1. The van der Waals surface area contributed by atoms with E-state index in [9.17, 15) is 20.6 Å². The minimum absolute atomic E-state index is 0.129. The second-order valence-electron chi connectivity index (χ2n) is 6.12. The van der Waals surface area contributed by atoms with E-state index in [-0.39, 0.29) is 10.0 Å². The molecule has 4 atom stereocenters. The number of fused-ring (bicyclic) bond motifs is 1. The van der Waals surface area contributed by atoms with Crippen molar-refractivity contribution in [1.82, 2.24) is 4.98 Å². The molecular weight excluding hydrogens is 369 g/mol. The van der Waals surface area contributed by atoms with Gasteiger partial charge in [0.2, 0.25) is 0 Å². The molecule has 0 saturated carbocycles. The van der Waals surface area contributed by atoms with E-state index < -0.39 is 31.0 Å². The molecule has 0 spiro atoms. The second-order valence-corrected chi connectivity index (χ2v) is 6.91. The van der Waals surface area contributed by atoms with Crippen molar-refractivity contribution in [1.29, 1.82) is 5.26 Å². The maximum atomic E-state index is 10.4. The first-order valence-electron chi connectivity index (χ1n) is 7.55. The van der Waals surface area contributed by atoms with Crippen molar-refractivity contribution >= 4 is 39.9 Å². The van der Waals surface area contributed by atoms with Crippen LogP contribution in [0.15, 0.2) is 6.07 Å². The van der Waals surface area contributed by atoms with Gasteiger partial charge in [0.05, 0.1) is 22.2 Å². The van der Waals surface area contributed by atoms with Gasteiger partial charge in [0, 0.05) is 25.0 Å². The van der Waals surface area contributed by atoms with Gasteiger partial charge in [-0.25, -0.2) is 0 Å². The second kappa shape index (κ2) is 6.65. The van der Waals surface area contributed by atoms with Crippen LogP contribution in [0.2, 0.25) is 10.0 Å². The first-order valence-corrected chi connectivity index (χ1v) is 8.30. The number of aliphatic hydroxyl groups excluding tert-OH is 3. The summed E-state index contributed by atoms with van der Waals surface area (Å²) in [6.45, 7) is -0.461. The van der Waals surface area contributed by atoms with Crippen molar-refractivity contribution in [3.05, 3.63) is 27.2 Å². The van der Waals surface area contributed by atoms with Crippen LogP contribution in [0.3, 0.4) is 0 Å². The SMILES string of the molecule is CN(C)c1[nH]c2cc(Cl)c(Cl)c([C@@H]3O[C@H](CO)[C@@H](O)[C@H]3O)c2c1C#N. The summed E-state index contributed by atoms with van der Waals surface area (Å²) in [5.74, 6) is 0.559. The Morgan fingerprint density at radius 3 is 2.52 bits per heavy atom. The van der Waals surface area contributed by atoms with Gasteiger partial charge in [0.1, 0.15) is 41.9 Å². The van der Waals surface area contributed by atoms with Gasteiger partial charge in [0.15, 0.2) is 0 Å². The van der Waals surface area contributed by atoms with E-state index in [2.05, 4.69) is 11.1 Å². The van der Waals surface area contributed by atoms with E-state index in [1.165, 1.54) is 0 Å². The molecule has 3 rings (SSSR count). The van der Waals surface area contributed by atoms with E-state index in [1.54, 1.807) is 25.1 Å². The van der Waals surface area contributed by atoms with Crippen molar-refractivity contribution in [3.63, 3.8) is 0 Å².